The number of hydrogen-bond donors (Lipinski definition) is 2. The maximum atomic E-state index is 6.12. The highest BCUT2D eigenvalue weighted by Crippen LogP contribution is 2.32. The van der Waals surface area contributed by atoms with Crippen LogP contribution in [0.1, 0.15) is 38.8 Å². The molecule has 3 N–H and O–H groups in total. The van der Waals surface area contributed by atoms with Gasteiger partial charge in [-0.05, 0) is 36.8 Å². The molecule has 2 rings (SSSR count). The van der Waals surface area contributed by atoms with E-state index in [-0.39, 0.29) is 5.41 Å². The fraction of sp³-hybridized carbons (Fsp3) is 0.474. The van der Waals surface area contributed by atoms with Crippen molar-refractivity contribution in [3.8, 4) is 11.8 Å². The number of nitrogens with two attached hydrogens (primary N) is 1. The molecule has 136 valence electrons. The van der Waals surface area contributed by atoms with E-state index in [0.717, 1.165) is 23.2 Å². The molecule has 6 heteroatoms. The van der Waals surface area contributed by atoms with Crippen LogP contribution in [0.4, 0.5) is 5.69 Å². The van der Waals surface area contributed by atoms with E-state index in [1.165, 1.54) is 0 Å². The Morgan fingerprint density at radius 3 is 2.16 bits per heavy atom. The maximum absolute atomic E-state index is 6.12. The van der Waals surface area contributed by atoms with E-state index in [9.17, 15) is 0 Å². The first-order chi connectivity index (χ1) is 11.6. The van der Waals surface area contributed by atoms with Gasteiger partial charge in [0.2, 0.25) is 11.8 Å². The molecular weight excluding hydrogens is 316 g/mol. The molecule has 0 aliphatic carbocycles. The number of rotatable bonds is 7. The second-order valence-corrected chi connectivity index (χ2v) is 7.38. The maximum Gasteiger partial charge on any atom is 0.213 e. The molecule has 25 heavy (non-hydrogen) atoms. The van der Waals surface area contributed by atoms with E-state index in [1.807, 2.05) is 38.2 Å². The van der Waals surface area contributed by atoms with Crippen molar-refractivity contribution in [1.29, 1.82) is 0 Å². The first-order valence-electron chi connectivity index (χ1n) is 8.25. The standard InChI is InChI=1S/C19H28N4O2/c1-18(2,14-7-8-16(24-5)21-11-14)10-13-9-17(25-6)22-12-15(13)23-19(3,4)20/h7-9,11-12,23H,10,20H2,1-6H3. The van der Waals surface area contributed by atoms with Crippen LogP contribution in [0.15, 0.2) is 30.6 Å². The lowest BCUT2D eigenvalue weighted by atomic mass is 9.79. The zero-order chi connectivity index (χ0) is 18.7. The predicted molar refractivity (Wildman–Crippen MR) is 100 cm³/mol. The molecule has 0 aromatic carbocycles. The molecule has 0 atom stereocenters. The molecule has 0 spiro atoms. The van der Waals surface area contributed by atoms with Crippen molar-refractivity contribution in [2.24, 2.45) is 5.73 Å². The van der Waals surface area contributed by atoms with E-state index in [4.69, 9.17) is 15.2 Å². The fourth-order valence-corrected chi connectivity index (χ4v) is 2.67. The molecule has 0 aliphatic rings. The molecule has 2 heterocycles. The Bertz CT molecular complexity index is 706. The van der Waals surface area contributed by atoms with Crippen molar-refractivity contribution >= 4 is 5.69 Å². The van der Waals surface area contributed by atoms with Crippen LogP contribution < -0.4 is 20.5 Å². The topological polar surface area (TPSA) is 82.3 Å². The number of aromatic nitrogens is 2. The Labute approximate surface area is 149 Å². The molecule has 0 unspecified atom stereocenters. The number of nitrogens with one attached hydrogen (secondary N) is 1. The second kappa shape index (κ2) is 7.27. The van der Waals surface area contributed by atoms with Crippen molar-refractivity contribution in [1.82, 2.24) is 9.97 Å². The zero-order valence-corrected chi connectivity index (χ0v) is 15.9. The van der Waals surface area contributed by atoms with Gasteiger partial charge in [-0.3, -0.25) is 0 Å². The lowest BCUT2D eigenvalue weighted by molar-refractivity contribution is 0.395. The molecule has 0 bridgehead atoms. The van der Waals surface area contributed by atoms with E-state index < -0.39 is 5.66 Å². The molecule has 6 nitrogen and oxygen atoms in total. The lowest BCUT2D eigenvalue weighted by Gasteiger charge is -2.29. The molecule has 0 saturated carbocycles. The van der Waals surface area contributed by atoms with Gasteiger partial charge >= 0.3 is 0 Å². The minimum Gasteiger partial charge on any atom is -0.481 e. The molecule has 2 aromatic heterocycles. The number of ether oxygens (including phenoxy) is 2. The van der Waals surface area contributed by atoms with E-state index in [0.29, 0.717) is 11.8 Å². The van der Waals surface area contributed by atoms with Gasteiger partial charge in [-0.2, -0.15) is 0 Å². The second-order valence-electron chi connectivity index (χ2n) is 7.38. The summed E-state index contributed by atoms with van der Waals surface area (Å²) in [6.45, 7) is 8.20. The molecule has 0 fully saturated rings. The van der Waals surface area contributed by atoms with Gasteiger partial charge in [-0.15, -0.1) is 0 Å². The van der Waals surface area contributed by atoms with Gasteiger partial charge in [-0.25, -0.2) is 9.97 Å². The molecule has 0 aliphatic heterocycles. The summed E-state index contributed by atoms with van der Waals surface area (Å²) in [6, 6.07) is 5.88. The average Bonchev–Trinajstić information content (AvgIpc) is 2.55. The summed E-state index contributed by atoms with van der Waals surface area (Å²) in [5.74, 6) is 1.19. The van der Waals surface area contributed by atoms with Crippen LogP contribution >= 0.6 is 0 Å². The number of methoxy groups -OCH3 is 2. The summed E-state index contributed by atoms with van der Waals surface area (Å²) < 4.78 is 10.4. The Balaban J connectivity index is 2.35. The third-order valence-electron chi connectivity index (χ3n) is 3.99. The molecular formula is C19H28N4O2. The first-order valence-corrected chi connectivity index (χ1v) is 8.25. The fourth-order valence-electron chi connectivity index (χ4n) is 2.67. The number of anilines is 1. The van der Waals surface area contributed by atoms with Gasteiger partial charge in [0.1, 0.15) is 0 Å². The van der Waals surface area contributed by atoms with Gasteiger partial charge < -0.3 is 20.5 Å². The molecule has 0 saturated heterocycles. The van der Waals surface area contributed by atoms with Crippen LogP contribution in [0.3, 0.4) is 0 Å². The minimum atomic E-state index is -0.545. The lowest BCUT2D eigenvalue weighted by Crippen LogP contribution is -2.41. The van der Waals surface area contributed by atoms with Crippen LogP contribution in [-0.4, -0.2) is 29.9 Å². The normalized spacial score (nSPS) is 12.0. The highest BCUT2D eigenvalue weighted by molar-refractivity contribution is 5.53. The van der Waals surface area contributed by atoms with E-state index in [2.05, 4.69) is 29.1 Å². The van der Waals surface area contributed by atoms with Crippen molar-refractivity contribution in [3.05, 3.63) is 41.7 Å². The predicted octanol–water partition coefficient (Wildman–Crippen LogP) is 3.12. The van der Waals surface area contributed by atoms with Crippen LogP contribution in [0.5, 0.6) is 11.8 Å². The van der Waals surface area contributed by atoms with Crippen molar-refractivity contribution in [2.45, 2.75) is 45.2 Å². The molecule has 2 aromatic rings. The Kier molecular flexibility index (Phi) is 5.52. The van der Waals surface area contributed by atoms with Gasteiger partial charge in [0.15, 0.2) is 0 Å². The Hall–Kier alpha value is -2.34. The minimum absolute atomic E-state index is 0.138. The van der Waals surface area contributed by atoms with Crippen LogP contribution in [0.25, 0.3) is 0 Å². The number of pyridine rings is 2. The SMILES string of the molecule is COc1ccc(C(C)(C)Cc2cc(OC)ncc2NC(C)(C)N)cn1. The van der Waals surface area contributed by atoms with Gasteiger partial charge in [-0.1, -0.05) is 19.9 Å². The largest absolute Gasteiger partial charge is 0.481 e. The third kappa shape index (κ3) is 5.06. The Morgan fingerprint density at radius 1 is 1.00 bits per heavy atom. The summed E-state index contributed by atoms with van der Waals surface area (Å²) >= 11 is 0. The highest BCUT2D eigenvalue weighted by atomic mass is 16.5. The van der Waals surface area contributed by atoms with Crippen LogP contribution in [-0.2, 0) is 11.8 Å². The highest BCUT2D eigenvalue weighted by Gasteiger charge is 2.25. The van der Waals surface area contributed by atoms with Gasteiger partial charge in [0.25, 0.3) is 0 Å². The summed E-state index contributed by atoms with van der Waals surface area (Å²) in [7, 11) is 3.23. The quantitative estimate of drug-likeness (QED) is 0.751. The zero-order valence-electron chi connectivity index (χ0n) is 15.9. The van der Waals surface area contributed by atoms with Crippen molar-refractivity contribution in [3.63, 3.8) is 0 Å². The summed E-state index contributed by atoms with van der Waals surface area (Å²) in [6.07, 6.45) is 4.40. The van der Waals surface area contributed by atoms with Crippen LogP contribution in [0, 0.1) is 0 Å². The van der Waals surface area contributed by atoms with E-state index in [1.54, 1.807) is 20.4 Å². The van der Waals surface area contributed by atoms with Crippen molar-refractivity contribution < 1.29 is 9.47 Å². The smallest absolute Gasteiger partial charge is 0.213 e. The monoisotopic (exact) mass is 344 g/mol. The average molecular weight is 344 g/mol. The Morgan fingerprint density at radius 2 is 1.64 bits per heavy atom. The summed E-state index contributed by atoms with van der Waals surface area (Å²) in [4.78, 5) is 8.62. The van der Waals surface area contributed by atoms with Crippen LogP contribution in [0.2, 0.25) is 0 Å². The van der Waals surface area contributed by atoms with E-state index >= 15 is 0 Å². The number of nitrogens with zero attached hydrogens (tertiary/aromatic N) is 2. The third-order valence-corrected chi connectivity index (χ3v) is 3.99. The van der Waals surface area contributed by atoms with Gasteiger partial charge in [0, 0.05) is 18.3 Å². The molecule has 0 amide bonds. The number of hydrogen-bond acceptors (Lipinski definition) is 6. The summed E-state index contributed by atoms with van der Waals surface area (Å²) in [5.41, 5.74) is 8.56. The molecule has 0 radical (unpaired) electrons. The van der Waals surface area contributed by atoms with Gasteiger partial charge in [0.05, 0.1) is 31.8 Å². The first kappa shape index (κ1) is 19.0. The summed E-state index contributed by atoms with van der Waals surface area (Å²) in [5, 5.41) is 3.32. The van der Waals surface area contributed by atoms with Crippen molar-refractivity contribution in [2.75, 3.05) is 19.5 Å².